The van der Waals surface area contributed by atoms with Crippen molar-refractivity contribution < 1.29 is 4.42 Å². The maximum absolute atomic E-state index is 6.25. The molecular formula is C32H25BO. The fourth-order valence-electron chi connectivity index (χ4n) is 8.07. The molecule has 4 aromatic carbocycles. The van der Waals surface area contributed by atoms with E-state index in [0.29, 0.717) is 0 Å². The van der Waals surface area contributed by atoms with Crippen LogP contribution in [0.2, 0.25) is 0 Å². The summed E-state index contributed by atoms with van der Waals surface area (Å²) < 4.78 is 6.25. The highest BCUT2D eigenvalue weighted by Gasteiger charge is 2.60. The molecule has 1 aromatic heterocycles. The summed E-state index contributed by atoms with van der Waals surface area (Å²) in [6.07, 6.45) is 4.06. The highest BCUT2D eigenvalue weighted by molar-refractivity contribution is 6.33. The van der Waals surface area contributed by atoms with Crippen LogP contribution in [0.25, 0.3) is 44.2 Å². The lowest BCUT2D eigenvalue weighted by Gasteiger charge is -2.37. The van der Waals surface area contributed by atoms with Gasteiger partial charge in [0, 0.05) is 16.2 Å². The number of furan rings is 1. The number of fused-ring (bicyclic) bond motifs is 11. The number of hydrogen-bond acceptors (Lipinski definition) is 1. The number of benzene rings is 4. The fraction of sp³-hybridized carbons (Fsp3) is 0.250. The molecule has 2 saturated carbocycles. The zero-order valence-corrected chi connectivity index (χ0v) is 19.3. The third kappa shape index (κ3) is 2.22. The Kier molecular flexibility index (Phi) is 3.62. The normalized spacial score (nSPS) is 26.6. The first-order chi connectivity index (χ1) is 16.6. The molecule has 4 atom stereocenters. The molecule has 8 rings (SSSR count). The van der Waals surface area contributed by atoms with Gasteiger partial charge in [-0.1, -0.05) is 73.1 Å². The first-order valence-electron chi connectivity index (χ1n) is 12.6. The van der Waals surface area contributed by atoms with Crippen LogP contribution in [-0.4, -0.2) is 7.85 Å². The molecule has 2 bridgehead atoms. The topological polar surface area (TPSA) is 13.1 Å². The van der Waals surface area contributed by atoms with E-state index in [4.69, 9.17) is 12.3 Å². The minimum absolute atomic E-state index is 0.186. The molecular weight excluding hydrogens is 411 g/mol. The number of hydrogen-bond donors (Lipinski definition) is 0. The summed E-state index contributed by atoms with van der Waals surface area (Å²) in [5.41, 5.74) is 11.2. The minimum Gasteiger partial charge on any atom is -0.456 e. The average molecular weight is 436 g/mol. The Bertz CT molecular complexity index is 1640. The van der Waals surface area contributed by atoms with Crippen LogP contribution < -0.4 is 5.46 Å². The molecule has 3 aliphatic carbocycles. The van der Waals surface area contributed by atoms with E-state index >= 15 is 0 Å². The van der Waals surface area contributed by atoms with Gasteiger partial charge in [0.2, 0.25) is 0 Å². The van der Waals surface area contributed by atoms with E-state index in [2.05, 4.69) is 73.7 Å². The van der Waals surface area contributed by atoms with Crippen LogP contribution in [0, 0.1) is 17.8 Å². The standard InChI is InChI=1S/C32H25BO/c1-18-20-10-14-26(18)32(17-20)27-7-3-2-5-25(27)31-22(6-4-8-28(31)32)19-9-12-23-24-13-11-21(33)16-30(24)34-29(23)15-19/h2-9,11-13,15-16,18,20,26H,10,14,17H2,1H3/t18-,20?,26?,32?/m0/s1. The summed E-state index contributed by atoms with van der Waals surface area (Å²) in [5, 5.41) is 2.26. The molecule has 5 aromatic rings. The molecule has 0 saturated heterocycles. The van der Waals surface area contributed by atoms with Crippen molar-refractivity contribution in [2.75, 3.05) is 0 Å². The van der Waals surface area contributed by atoms with Gasteiger partial charge in [-0.25, -0.2) is 0 Å². The predicted molar refractivity (Wildman–Crippen MR) is 141 cm³/mol. The average Bonchev–Trinajstić information content (AvgIpc) is 3.57. The molecule has 1 heterocycles. The van der Waals surface area contributed by atoms with Crippen LogP contribution in [0.15, 0.2) is 83.3 Å². The van der Waals surface area contributed by atoms with Crippen molar-refractivity contribution in [1.29, 1.82) is 0 Å². The summed E-state index contributed by atoms with van der Waals surface area (Å²) >= 11 is 0. The van der Waals surface area contributed by atoms with Crippen LogP contribution in [0.1, 0.15) is 37.3 Å². The van der Waals surface area contributed by atoms with Crippen molar-refractivity contribution in [1.82, 2.24) is 0 Å². The van der Waals surface area contributed by atoms with Crippen LogP contribution in [0.5, 0.6) is 0 Å². The van der Waals surface area contributed by atoms with E-state index < -0.39 is 0 Å². The van der Waals surface area contributed by atoms with Gasteiger partial charge in [0.05, 0.1) is 0 Å². The molecule has 3 unspecified atom stereocenters. The van der Waals surface area contributed by atoms with Crippen molar-refractivity contribution >= 4 is 35.2 Å². The second kappa shape index (κ2) is 6.45. The van der Waals surface area contributed by atoms with Crippen LogP contribution >= 0.6 is 0 Å². The molecule has 3 aliphatic rings. The van der Waals surface area contributed by atoms with Gasteiger partial charge < -0.3 is 4.42 Å². The Labute approximate surface area is 201 Å². The van der Waals surface area contributed by atoms with E-state index in [1.165, 1.54) is 41.5 Å². The Morgan fingerprint density at radius 1 is 0.794 bits per heavy atom. The van der Waals surface area contributed by atoms with Gasteiger partial charge >= 0.3 is 0 Å². The van der Waals surface area contributed by atoms with Gasteiger partial charge in [-0.15, -0.1) is 0 Å². The zero-order valence-electron chi connectivity index (χ0n) is 19.3. The van der Waals surface area contributed by atoms with Crippen LogP contribution in [-0.2, 0) is 5.41 Å². The molecule has 2 heteroatoms. The molecule has 1 spiro atoms. The first-order valence-corrected chi connectivity index (χ1v) is 12.6. The molecule has 162 valence electrons. The maximum Gasteiger partial charge on any atom is 0.136 e. The Hall–Kier alpha value is -3.26. The predicted octanol–water partition coefficient (Wildman–Crippen LogP) is 7.38. The highest BCUT2D eigenvalue weighted by atomic mass is 16.3. The van der Waals surface area contributed by atoms with E-state index in [1.54, 1.807) is 11.1 Å². The van der Waals surface area contributed by atoms with Crippen molar-refractivity contribution in [3.63, 3.8) is 0 Å². The lowest BCUT2D eigenvalue weighted by Crippen LogP contribution is -2.32. The SMILES string of the molecule is [B]c1ccc2c(c1)oc1cc(-c3cccc4c3-c3ccccc3C43CC4CCC3[C@H]4C)ccc12. The summed E-state index contributed by atoms with van der Waals surface area (Å²) in [6.45, 7) is 2.50. The van der Waals surface area contributed by atoms with E-state index in [0.717, 1.165) is 45.2 Å². The van der Waals surface area contributed by atoms with Crippen molar-refractivity contribution in [2.24, 2.45) is 17.8 Å². The second-order valence-corrected chi connectivity index (χ2v) is 10.8. The van der Waals surface area contributed by atoms with E-state index in [9.17, 15) is 0 Å². The third-order valence-electron chi connectivity index (χ3n) is 9.47. The van der Waals surface area contributed by atoms with Gasteiger partial charge in [-0.2, -0.15) is 0 Å². The smallest absolute Gasteiger partial charge is 0.136 e. The van der Waals surface area contributed by atoms with Gasteiger partial charge in [0.25, 0.3) is 0 Å². The summed E-state index contributed by atoms with van der Waals surface area (Å²) in [5.74, 6) is 2.41. The number of rotatable bonds is 1. The lowest BCUT2D eigenvalue weighted by molar-refractivity contribution is 0.316. The van der Waals surface area contributed by atoms with Gasteiger partial charge in [0.15, 0.2) is 0 Å². The third-order valence-corrected chi connectivity index (χ3v) is 9.47. The fourth-order valence-corrected chi connectivity index (χ4v) is 8.07. The van der Waals surface area contributed by atoms with Crippen molar-refractivity contribution in [3.05, 3.63) is 90.0 Å². The minimum atomic E-state index is 0.186. The Morgan fingerprint density at radius 2 is 1.56 bits per heavy atom. The maximum atomic E-state index is 6.25. The second-order valence-electron chi connectivity index (χ2n) is 10.8. The zero-order chi connectivity index (χ0) is 22.6. The quantitative estimate of drug-likeness (QED) is 0.250. The molecule has 0 N–H and O–H groups in total. The van der Waals surface area contributed by atoms with Crippen molar-refractivity contribution in [3.8, 4) is 22.3 Å². The van der Waals surface area contributed by atoms with Crippen molar-refractivity contribution in [2.45, 2.75) is 31.6 Å². The van der Waals surface area contributed by atoms with Crippen LogP contribution in [0.3, 0.4) is 0 Å². The molecule has 34 heavy (non-hydrogen) atoms. The summed E-state index contributed by atoms with van der Waals surface area (Å²) in [7, 11) is 6.01. The molecule has 0 amide bonds. The highest BCUT2D eigenvalue weighted by Crippen LogP contribution is 2.68. The summed E-state index contributed by atoms with van der Waals surface area (Å²) in [6, 6.07) is 28.9. The molecule has 2 radical (unpaired) electrons. The van der Waals surface area contributed by atoms with Gasteiger partial charge in [0.1, 0.15) is 19.0 Å². The summed E-state index contributed by atoms with van der Waals surface area (Å²) in [4.78, 5) is 0. The molecule has 1 nitrogen and oxygen atoms in total. The molecule has 2 fully saturated rings. The van der Waals surface area contributed by atoms with Gasteiger partial charge in [-0.3, -0.25) is 0 Å². The Balaban J connectivity index is 1.38. The molecule has 0 aliphatic heterocycles. The Morgan fingerprint density at radius 3 is 2.38 bits per heavy atom. The van der Waals surface area contributed by atoms with E-state index in [-0.39, 0.29) is 5.41 Å². The lowest BCUT2D eigenvalue weighted by atomic mass is 9.66. The van der Waals surface area contributed by atoms with E-state index in [1.807, 2.05) is 12.1 Å². The first kappa shape index (κ1) is 19.1. The monoisotopic (exact) mass is 436 g/mol. The van der Waals surface area contributed by atoms with Gasteiger partial charge in [-0.05, 0) is 88.6 Å². The largest absolute Gasteiger partial charge is 0.456 e. The van der Waals surface area contributed by atoms with Crippen LogP contribution in [0.4, 0.5) is 0 Å².